The highest BCUT2D eigenvalue weighted by molar-refractivity contribution is 7.99. The molecule has 0 bridgehead atoms. The van der Waals surface area contributed by atoms with Crippen molar-refractivity contribution in [3.63, 3.8) is 0 Å². The topological polar surface area (TPSA) is 114 Å². The van der Waals surface area contributed by atoms with Crippen LogP contribution in [0.1, 0.15) is 60.8 Å². The first-order valence-electron chi connectivity index (χ1n) is 15.8. The van der Waals surface area contributed by atoms with Crippen LogP contribution in [0.4, 0.5) is 0 Å². The summed E-state index contributed by atoms with van der Waals surface area (Å²) in [6, 6.07) is 32.0. The summed E-state index contributed by atoms with van der Waals surface area (Å²) < 4.78 is 18.9. The number of hydrogen-bond acceptors (Lipinski definition) is 7. The van der Waals surface area contributed by atoms with Crippen molar-refractivity contribution >= 4 is 23.6 Å². The van der Waals surface area contributed by atoms with Gasteiger partial charge in [-0.15, -0.1) is 11.8 Å². The molecule has 246 valence electrons. The molecule has 1 amide bonds. The molecule has 0 spiro atoms. The molecular formula is C38H41NO7S. The van der Waals surface area contributed by atoms with E-state index in [1.165, 1.54) is 0 Å². The number of ether oxygens (including phenoxy) is 3. The van der Waals surface area contributed by atoms with Crippen molar-refractivity contribution in [3.8, 4) is 16.9 Å². The zero-order chi connectivity index (χ0) is 33.2. The summed E-state index contributed by atoms with van der Waals surface area (Å²) >= 11 is 1.71. The molecule has 1 aliphatic rings. The Bertz CT molecular complexity index is 1630. The SMILES string of the molecule is COc1ccccc1SC[C@@H]1O[C@H](c2ccc(-c3cccc(CNC(=O)CCCC(=O)O)c3)cc2)O[C@H](c2ccc(CO)cc2)[C@@H]1C. The molecule has 1 saturated heterocycles. The number of aliphatic carboxylic acids is 1. The quantitative estimate of drug-likeness (QED) is 0.121. The van der Waals surface area contributed by atoms with Gasteiger partial charge < -0.3 is 29.7 Å². The molecule has 8 nitrogen and oxygen atoms in total. The molecule has 0 aliphatic carbocycles. The summed E-state index contributed by atoms with van der Waals surface area (Å²) in [7, 11) is 1.68. The van der Waals surface area contributed by atoms with E-state index < -0.39 is 12.3 Å². The van der Waals surface area contributed by atoms with Gasteiger partial charge in [0.15, 0.2) is 6.29 Å². The van der Waals surface area contributed by atoms with Crippen molar-refractivity contribution < 1.29 is 34.0 Å². The highest BCUT2D eigenvalue weighted by atomic mass is 32.2. The fourth-order valence-corrected chi connectivity index (χ4v) is 6.80. The third kappa shape index (κ3) is 9.23. The van der Waals surface area contributed by atoms with Gasteiger partial charge in [-0.3, -0.25) is 9.59 Å². The summed E-state index contributed by atoms with van der Waals surface area (Å²) in [5, 5.41) is 21.2. The molecule has 0 radical (unpaired) electrons. The van der Waals surface area contributed by atoms with E-state index >= 15 is 0 Å². The number of methoxy groups -OCH3 is 1. The second kappa shape index (κ2) is 16.6. The maximum absolute atomic E-state index is 12.1. The van der Waals surface area contributed by atoms with Crippen LogP contribution in [0, 0.1) is 5.92 Å². The van der Waals surface area contributed by atoms with Gasteiger partial charge in [-0.2, -0.15) is 0 Å². The minimum Gasteiger partial charge on any atom is -0.496 e. The van der Waals surface area contributed by atoms with Crippen LogP contribution >= 0.6 is 11.8 Å². The monoisotopic (exact) mass is 655 g/mol. The third-order valence-corrected chi connectivity index (χ3v) is 9.47. The van der Waals surface area contributed by atoms with E-state index in [2.05, 4.69) is 18.3 Å². The lowest BCUT2D eigenvalue weighted by molar-refractivity contribution is -0.268. The van der Waals surface area contributed by atoms with Crippen LogP contribution in [0.3, 0.4) is 0 Å². The number of amides is 1. The molecule has 1 heterocycles. The minimum atomic E-state index is -0.899. The molecule has 4 aromatic rings. The second-order valence-electron chi connectivity index (χ2n) is 11.6. The summed E-state index contributed by atoms with van der Waals surface area (Å²) in [5.74, 6) is 0.554. The first-order valence-corrected chi connectivity index (χ1v) is 16.8. The fraction of sp³-hybridized carbons (Fsp3) is 0.316. The van der Waals surface area contributed by atoms with Crippen LogP contribution in [0.25, 0.3) is 11.1 Å². The standard InChI is InChI=1S/C38H41NO7S/c1-25-33(24-47-34-10-4-3-9-32(34)44-2)45-38(46-37(25)29-15-13-26(23-40)14-16-29)30-19-17-28(18-20-30)31-8-5-7-27(21-31)22-39-35(41)11-6-12-36(42)43/h3-5,7-10,13-21,25,33,37-38,40H,6,11-12,22-24H2,1-2H3,(H,39,41)(H,42,43)/t25-,33+,37+,38+/m1/s1. The molecule has 1 aliphatic heterocycles. The Balaban J connectivity index is 1.30. The van der Waals surface area contributed by atoms with Crippen molar-refractivity contribution in [1.29, 1.82) is 0 Å². The van der Waals surface area contributed by atoms with Crippen LogP contribution in [0.2, 0.25) is 0 Å². The van der Waals surface area contributed by atoms with Crippen molar-refractivity contribution in [2.75, 3.05) is 12.9 Å². The Labute approximate surface area is 280 Å². The lowest BCUT2D eigenvalue weighted by atomic mass is 9.91. The summed E-state index contributed by atoms with van der Waals surface area (Å²) in [5.41, 5.74) is 5.79. The number of nitrogens with one attached hydrogen (secondary N) is 1. The number of carbonyl (C=O) groups is 2. The number of thioether (sulfide) groups is 1. The number of aliphatic hydroxyl groups is 1. The zero-order valence-electron chi connectivity index (χ0n) is 26.6. The van der Waals surface area contributed by atoms with Gasteiger partial charge in [-0.1, -0.05) is 85.8 Å². The molecular weight excluding hydrogens is 614 g/mol. The van der Waals surface area contributed by atoms with Gasteiger partial charge >= 0.3 is 5.97 Å². The van der Waals surface area contributed by atoms with Gasteiger partial charge in [0.1, 0.15) is 5.75 Å². The fourth-order valence-electron chi connectivity index (χ4n) is 5.60. The molecule has 0 unspecified atom stereocenters. The smallest absolute Gasteiger partial charge is 0.303 e. The average Bonchev–Trinajstić information content (AvgIpc) is 3.10. The predicted molar refractivity (Wildman–Crippen MR) is 182 cm³/mol. The molecule has 5 rings (SSSR count). The summed E-state index contributed by atoms with van der Waals surface area (Å²) in [6.45, 7) is 2.52. The second-order valence-corrected chi connectivity index (χ2v) is 12.7. The molecule has 3 N–H and O–H groups in total. The van der Waals surface area contributed by atoms with Crippen molar-refractivity contribution in [2.24, 2.45) is 5.92 Å². The Morgan fingerprint density at radius 1 is 0.851 bits per heavy atom. The number of aliphatic hydroxyl groups excluding tert-OH is 1. The van der Waals surface area contributed by atoms with E-state index in [1.807, 2.05) is 91.0 Å². The predicted octanol–water partition coefficient (Wildman–Crippen LogP) is 7.31. The van der Waals surface area contributed by atoms with E-state index in [0.717, 1.165) is 44.0 Å². The molecule has 47 heavy (non-hydrogen) atoms. The van der Waals surface area contributed by atoms with Crippen LogP contribution in [-0.4, -0.2) is 41.1 Å². The first-order chi connectivity index (χ1) is 22.8. The Morgan fingerprint density at radius 3 is 2.32 bits per heavy atom. The van der Waals surface area contributed by atoms with E-state index in [1.54, 1.807) is 18.9 Å². The molecule has 4 aromatic carbocycles. The van der Waals surface area contributed by atoms with E-state index in [0.29, 0.717) is 18.7 Å². The highest BCUT2D eigenvalue weighted by Gasteiger charge is 2.38. The maximum atomic E-state index is 12.1. The van der Waals surface area contributed by atoms with Crippen molar-refractivity contribution in [1.82, 2.24) is 5.32 Å². The number of rotatable bonds is 14. The Morgan fingerprint density at radius 2 is 1.60 bits per heavy atom. The lowest BCUT2D eigenvalue weighted by Crippen LogP contribution is -2.38. The number of hydrogen-bond donors (Lipinski definition) is 3. The maximum Gasteiger partial charge on any atom is 0.303 e. The number of benzene rings is 4. The summed E-state index contributed by atoms with van der Waals surface area (Å²) in [6.07, 6.45) is -0.405. The third-order valence-electron chi connectivity index (χ3n) is 8.32. The molecule has 0 aromatic heterocycles. The van der Waals surface area contributed by atoms with Gasteiger partial charge in [0, 0.05) is 41.5 Å². The normalized spacial score (nSPS) is 19.2. The number of carbonyl (C=O) groups excluding carboxylic acids is 1. The van der Waals surface area contributed by atoms with Crippen molar-refractivity contribution in [3.05, 3.63) is 119 Å². The number of para-hydroxylation sites is 1. The number of carboxylic acid groups (broad SMARTS) is 1. The summed E-state index contributed by atoms with van der Waals surface area (Å²) in [4.78, 5) is 23.9. The van der Waals surface area contributed by atoms with Crippen LogP contribution in [-0.2, 0) is 32.2 Å². The lowest BCUT2D eigenvalue weighted by Gasteiger charge is -2.41. The number of carboxylic acids is 1. The van der Waals surface area contributed by atoms with Gasteiger partial charge in [-0.05, 0) is 52.4 Å². The average molecular weight is 656 g/mol. The van der Waals surface area contributed by atoms with Gasteiger partial charge in [0.05, 0.1) is 25.9 Å². The molecule has 4 atom stereocenters. The van der Waals surface area contributed by atoms with Gasteiger partial charge in [0.25, 0.3) is 0 Å². The van der Waals surface area contributed by atoms with E-state index in [4.69, 9.17) is 19.3 Å². The van der Waals surface area contributed by atoms with E-state index in [-0.39, 0.29) is 43.5 Å². The first kappa shape index (κ1) is 34.2. The molecule has 1 fully saturated rings. The van der Waals surface area contributed by atoms with Crippen LogP contribution in [0.15, 0.2) is 102 Å². The highest BCUT2D eigenvalue weighted by Crippen LogP contribution is 2.44. The molecule has 0 saturated carbocycles. The Kier molecular flexibility index (Phi) is 12.1. The van der Waals surface area contributed by atoms with Crippen LogP contribution < -0.4 is 10.1 Å². The van der Waals surface area contributed by atoms with Crippen molar-refractivity contribution in [2.45, 2.75) is 62.7 Å². The van der Waals surface area contributed by atoms with Gasteiger partial charge in [0.2, 0.25) is 5.91 Å². The minimum absolute atomic E-state index is 0.0102. The van der Waals surface area contributed by atoms with E-state index in [9.17, 15) is 14.7 Å². The van der Waals surface area contributed by atoms with Gasteiger partial charge in [-0.25, -0.2) is 0 Å². The zero-order valence-corrected chi connectivity index (χ0v) is 27.5. The Hall–Kier alpha value is -4.15. The molecule has 9 heteroatoms. The van der Waals surface area contributed by atoms with Crippen LogP contribution in [0.5, 0.6) is 5.75 Å². The largest absolute Gasteiger partial charge is 0.496 e.